The van der Waals surface area contributed by atoms with Gasteiger partial charge in [-0.1, -0.05) is 127 Å². The summed E-state index contributed by atoms with van der Waals surface area (Å²) in [5.41, 5.74) is 12.4. The van der Waals surface area contributed by atoms with Gasteiger partial charge in [0.05, 0.1) is 16.7 Å². The Hall–Kier alpha value is -7.70. The second-order valence-electron chi connectivity index (χ2n) is 14.0. The molecule has 0 spiro atoms. The van der Waals surface area contributed by atoms with Crippen LogP contribution < -0.4 is 0 Å². The molecular formula is C50H31N5O. The number of hydrogen-bond donors (Lipinski definition) is 1. The van der Waals surface area contributed by atoms with Gasteiger partial charge in [0.2, 0.25) is 0 Å². The maximum Gasteiger partial charge on any atom is 0.164 e. The molecule has 6 nitrogen and oxygen atoms in total. The summed E-state index contributed by atoms with van der Waals surface area (Å²) >= 11 is 0. The summed E-state index contributed by atoms with van der Waals surface area (Å²) < 4.78 is 6.22. The number of furan rings is 1. The minimum Gasteiger partial charge on any atom is -0.456 e. The minimum absolute atomic E-state index is 0.575. The van der Waals surface area contributed by atoms with Crippen LogP contribution in [0.25, 0.3) is 111 Å². The molecule has 0 amide bonds. The van der Waals surface area contributed by atoms with Gasteiger partial charge in [-0.15, -0.1) is 0 Å². The number of pyridine rings is 1. The van der Waals surface area contributed by atoms with E-state index >= 15 is 0 Å². The van der Waals surface area contributed by atoms with Crippen molar-refractivity contribution >= 4 is 43.7 Å². The smallest absolute Gasteiger partial charge is 0.164 e. The molecule has 0 bridgehead atoms. The first-order chi connectivity index (χ1) is 27.7. The third kappa shape index (κ3) is 5.51. The molecule has 0 aliphatic rings. The fraction of sp³-hybridized carbons (Fsp3) is 0. The highest BCUT2D eigenvalue weighted by molar-refractivity contribution is 6.10. The van der Waals surface area contributed by atoms with Gasteiger partial charge >= 0.3 is 0 Å². The lowest BCUT2D eigenvalue weighted by atomic mass is 9.94. The largest absolute Gasteiger partial charge is 0.456 e. The van der Waals surface area contributed by atoms with Crippen molar-refractivity contribution in [3.63, 3.8) is 0 Å². The second-order valence-corrected chi connectivity index (χ2v) is 14.0. The van der Waals surface area contributed by atoms with Crippen LogP contribution in [0.15, 0.2) is 187 Å². The van der Waals surface area contributed by atoms with Gasteiger partial charge in [0, 0.05) is 50.0 Å². The zero-order valence-corrected chi connectivity index (χ0v) is 30.0. The van der Waals surface area contributed by atoms with Gasteiger partial charge in [0.25, 0.3) is 0 Å². The lowest BCUT2D eigenvalue weighted by Gasteiger charge is -2.14. The Balaban J connectivity index is 1.19. The first kappa shape index (κ1) is 31.8. The van der Waals surface area contributed by atoms with Crippen molar-refractivity contribution in [2.75, 3.05) is 0 Å². The Labute approximate surface area is 321 Å². The molecule has 0 saturated heterocycles. The van der Waals surface area contributed by atoms with Gasteiger partial charge < -0.3 is 9.40 Å². The van der Waals surface area contributed by atoms with E-state index in [4.69, 9.17) is 24.4 Å². The lowest BCUT2D eigenvalue weighted by molar-refractivity contribution is 0.669. The highest BCUT2D eigenvalue weighted by atomic mass is 16.3. The van der Waals surface area contributed by atoms with Gasteiger partial charge in [-0.25, -0.2) is 19.9 Å². The first-order valence-corrected chi connectivity index (χ1v) is 18.6. The number of benzene rings is 7. The molecule has 0 aliphatic carbocycles. The number of aromatic amines is 1. The molecular weight excluding hydrogens is 687 g/mol. The maximum atomic E-state index is 6.22. The second kappa shape index (κ2) is 13.0. The van der Waals surface area contributed by atoms with E-state index in [1.807, 2.05) is 79.0 Å². The van der Waals surface area contributed by atoms with Crippen LogP contribution in [0.2, 0.25) is 0 Å². The molecule has 0 unspecified atom stereocenters. The standard InChI is InChI=1S/C50H31N5O/c1-4-12-31(13-5-1)41-30-43(52-47-40(41)22-20-32-24-25-51-46(32)47)37-26-36(35-21-23-45-42(29-35)39-18-10-11-19-44(39)56-45)27-38(28-37)50-54-48(33-14-6-2-7-15-33)53-49(55-50)34-16-8-3-9-17-34/h1-30,51H. The van der Waals surface area contributed by atoms with Gasteiger partial charge in [0.1, 0.15) is 11.2 Å². The number of nitrogens with zero attached hydrogens (tertiary/aromatic N) is 4. The fourth-order valence-corrected chi connectivity index (χ4v) is 7.73. The molecule has 4 aromatic heterocycles. The van der Waals surface area contributed by atoms with E-state index in [1.54, 1.807) is 0 Å². The summed E-state index contributed by atoms with van der Waals surface area (Å²) in [5, 5.41) is 4.34. The summed E-state index contributed by atoms with van der Waals surface area (Å²) in [6.07, 6.45) is 1.98. The molecule has 0 radical (unpaired) electrons. The predicted octanol–water partition coefficient (Wildman–Crippen LogP) is 12.8. The van der Waals surface area contributed by atoms with Crippen LogP contribution in [0.5, 0.6) is 0 Å². The van der Waals surface area contributed by atoms with Gasteiger partial charge in [-0.05, 0) is 70.8 Å². The minimum atomic E-state index is 0.575. The molecule has 7 aromatic carbocycles. The van der Waals surface area contributed by atoms with Crippen molar-refractivity contribution < 1.29 is 4.42 Å². The summed E-state index contributed by atoms with van der Waals surface area (Å²) in [7, 11) is 0. The number of rotatable bonds is 6. The zero-order valence-electron chi connectivity index (χ0n) is 30.0. The van der Waals surface area contributed by atoms with Crippen molar-refractivity contribution in [1.82, 2.24) is 24.9 Å². The molecule has 262 valence electrons. The summed E-state index contributed by atoms with van der Waals surface area (Å²) in [6.45, 7) is 0. The van der Waals surface area contributed by atoms with Crippen molar-refractivity contribution in [2.45, 2.75) is 0 Å². The average Bonchev–Trinajstić information content (AvgIpc) is 3.92. The first-order valence-electron chi connectivity index (χ1n) is 18.6. The topological polar surface area (TPSA) is 80.5 Å². The summed E-state index contributed by atoms with van der Waals surface area (Å²) in [6, 6.07) is 60.5. The van der Waals surface area contributed by atoms with Crippen molar-refractivity contribution in [3.05, 3.63) is 182 Å². The van der Waals surface area contributed by atoms with Crippen LogP contribution in [-0.4, -0.2) is 24.9 Å². The zero-order chi connectivity index (χ0) is 37.0. The van der Waals surface area contributed by atoms with Crippen LogP contribution >= 0.6 is 0 Å². The lowest BCUT2D eigenvalue weighted by Crippen LogP contribution is -2.00. The molecule has 56 heavy (non-hydrogen) atoms. The summed E-state index contributed by atoms with van der Waals surface area (Å²) in [5.74, 6) is 1.79. The van der Waals surface area contributed by atoms with Crippen molar-refractivity contribution in [2.24, 2.45) is 0 Å². The van der Waals surface area contributed by atoms with E-state index in [9.17, 15) is 0 Å². The van der Waals surface area contributed by atoms with Gasteiger partial charge in [-0.2, -0.15) is 0 Å². The van der Waals surface area contributed by atoms with Gasteiger partial charge in [-0.3, -0.25) is 0 Å². The van der Waals surface area contributed by atoms with E-state index < -0.39 is 0 Å². The maximum absolute atomic E-state index is 6.22. The number of para-hydroxylation sites is 1. The van der Waals surface area contributed by atoms with E-state index in [0.29, 0.717) is 17.5 Å². The monoisotopic (exact) mass is 717 g/mol. The SMILES string of the molecule is c1ccc(-c2nc(-c3ccccc3)nc(-c3cc(-c4ccc5oc6ccccc6c5c4)cc(-c4cc(-c5ccccc5)c5ccc6cc[nH]c6c5n4)c3)n2)cc1. The van der Waals surface area contributed by atoms with Crippen LogP contribution in [0.3, 0.4) is 0 Å². The molecule has 4 heterocycles. The van der Waals surface area contributed by atoms with E-state index in [2.05, 4.69) is 108 Å². The number of H-pyrrole nitrogens is 1. The van der Waals surface area contributed by atoms with Crippen LogP contribution in [0, 0.1) is 0 Å². The van der Waals surface area contributed by atoms with E-state index in [-0.39, 0.29) is 0 Å². The normalized spacial score (nSPS) is 11.6. The van der Waals surface area contributed by atoms with E-state index in [1.165, 1.54) is 0 Å². The summed E-state index contributed by atoms with van der Waals surface area (Å²) in [4.78, 5) is 24.1. The highest BCUT2D eigenvalue weighted by Gasteiger charge is 2.18. The predicted molar refractivity (Wildman–Crippen MR) is 227 cm³/mol. The van der Waals surface area contributed by atoms with Crippen molar-refractivity contribution in [1.29, 1.82) is 0 Å². The van der Waals surface area contributed by atoms with E-state index in [0.717, 1.165) is 93.9 Å². The Bertz CT molecular complexity index is 3190. The number of aromatic nitrogens is 5. The Morgan fingerprint density at radius 1 is 0.375 bits per heavy atom. The number of hydrogen-bond acceptors (Lipinski definition) is 5. The molecule has 6 heteroatoms. The quantitative estimate of drug-likeness (QED) is 0.185. The molecule has 0 fully saturated rings. The third-order valence-electron chi connectivity index (χ3n) is 10.5. The molecule has 0 saturated carbocycles. The molecule has 11 aromatic rings. The Morgan fingerprint density at radius 3 is 1.71 bits per heavy atom. The molecule has 0 atom stereocenters. The third-order valence-corrected chi connectivity index (χ3v) is 10.5. The van der Waals surface area contributed by atoms with Crippen molar-refractivity contribution in [3.8, 4) is 67.7 Å². The Kier molecular flexibility index (Phi) is 7.38. The van der Waals surface area contributed by atoms with Crippen LogP contribution in [-0.2, 0) is 0 Å². The molecule has 0 aliphatic heterocycles. The highest BCUT2D eigenvalue weighted by Crippen LogP contribution is 2.39. The number of nitrogens with one attached hydrogen (secondary N) is 1. The van der Waals surface area contributed by atoms with Gasteiger partial charge in [0.15, 0.2) is 17.5 Å². The number of fused-ring (bicyclic) bond motifs is 6. The molecule has 1 N–H and O–H groups in total. The fourth-order valence-electron chi connectivity index (χ4n) is 7.73. The Morgan fingerprint density at radius 2 is 0.982 bits per heavy atom. The van der Waals surface area contributed by atoms with Crippen LogP contribution in [0.4, 0.5) is 0 Å². The average molecular weight is 718 g/mol. The van der Waals surface area contributed by atoms with Crippen LogP contribution in [0.1, 0.15) is 0 Å². The molecule has 11 rings (SSSR count).